The third-order valence-electron chi connectivity index (χ3n) is 6.59. The van der Waals surface area contributed by atoms with Crippen molar-refractivity contribution in [2.75, 3.05) is 7.11 Å². The molecule has 0 aliphatic heterocycles. The van der Waals surface area contributed by atoms with Crippen LogP contribution in [0.4, 0.5) is 0 Å². The molecule has 41 heavy (non-hydrogen) atoms. The van der Waals surface area contributed by atoms with Crippen molar-refractivity contribution < 1.29 is 28.5 Å². The molecular weight excluding hydrogens is 524 g/mol. The average molecular weight is 553 g/mol. The van der Waals surface area contributed by atoms with Crippen LogP contribution in [0.25, 0.3) is 11.3 Å². The van der Waals surface area contributed by atoms with Crippen molar-refractivity contribution in [1.29, 1.82) is 0 Å². The molecular formula is C31H28N4O6. The minimum absolute atomic E-state index is 0.0217. The third-order valence-corrected chi connectivity index (χ3v) is 6.59. The number of hydrogen-bond acceptors (Lipinski definition) is 9. The largest absolute Gasteiger partial charge is 0.454 e. The molecule has 0 aliphatic carbocycles. The number of carbonyl (C=O) groups excluding carboxylic acids is 1. The Kier molecular flexibility index (Phi) is 8.02. The van der Waals surface area contributed by atoms with Gasteiger partial charge in [-0.25, -0.2) is 14.8 Å². The van der Waals surface area contributed by atoms with Crippen LogP contribution in [-0.2, 0) is 26.5 Å². The fourth-order valence-corrected chi connectivity index (χ4v) is 4.75. The lowest BCUT2D eigenvalue weighted by molar-refractivity contribution is -0.808. The molecule has 0 saturated carbocycles. The van der Waals surface area contributed by atoms with Gasteiger partial charge in [-0.2, -0.15) is 0 Å². The number of ether oxygens (including phenoxy) is 3. The summed E-state index contributed by atoms with van der Waals surface area (Å²) in [6.07, 6.45) is -1.43. The van der Waals surface area contributed by atoms with E-state index in [0.29, 0.717) is 28.1 Å². The number of methoxy groups -OCH3 is 1. The second-order valence-corrected chi connectivity index (χ2v) is 9.30. The fourth-order valence-electron chi connectivity index (χ4n) is 4.75. The van der Waals surface area contributed by atoms with Crippen LogP contribution in [0.3, 0.4) is 0 Å². The first-order valence-corrected chi connectivity index (χ1v) is 12.9. The molecule has 1 atom stereocenters. The number of hydrogen-bond donors (Lipinski definition) is 0. The molecule has 0 aliphatic rings. The highest BCUT2D eigenvalue weighted by Gasteiger charge is 2.50. The molecule has 0 radical (unpaired) electrons. The van der Waals surface area contributed by atoms with Crippen LogP contribution in [0.2, 0.25) is 0 Å². The first-order chi connectivity index (χ1) is 19.9. The van der Waals surface area contributed by atoms with Gasteiger partial charge in [0.15, 0.2) is 12.2 Å². The van der Waals surface area contributed by atoms with E-state index in [1.54, 1.807) is 44.2 Å². The molecule has 208 valence electrons. The summed E-state index contributed by atoms with van der Waals surface area (Å²) in [5, 5.41) is 16.3. The highest BCUT2D eigenvalue weighted by atomic mass is 16.8. The van der Waals surface area contributed by atoms with E-state index >= 15 is 0 Å². The quantitative estimate of drug-likeness (QED) is 0.182. The number of aromatic nitrogens is 4. The van der Waals surface area contributed by atoms with Gasteiger partial charge < -0.3 is 19.4 Å². The number of aryl methyl sites for hydroxylation is 2. The third kappa shape index (κ3) is 5.64. The van der Waals surface area contributed by atoms with Crippen molar-refractivity contribution in [3.8, 4) is 17.3 Å². The van der Waals surface area contributed by atoms with Crippen LogP contribution in [0.5, 0.6) is 6.01 Å². The molecule has 2 heterocycles. The molecule has 0 spiro atoms. The van der Waals surface area contributed by atoms with Crippen molar-refractivity contribution >= 4 is 5.97 Å². The number of esters is 1. The SMILES string of the molecule is COC(c1ccccc1)(c1ccccc1)[C@H](Oc1nc(C)cc(C)n1)C(=O)OCc1c(-c2ccccc2)no[n+]1[O-]. The van der Waals surface area contributed by atoms with Crippen LogP contribution < -0.4 is 9.64 Å². The molecule has 10 heteroatoms. The topological polar surface area (TPSA) is 124 Å². The monoisotopic (exact) mass is 552 g/mol. The summed E-state index contributed by atoms with van der Waals surface area (Å²) in [6.45, 7) is 3.17. The maximum Gasteiger partial charge on any atom is 0.351 e. The molecule has 5 rings (SSSR count). The Bertz CT molecular complexity index is 1550. The Morgan fingerprint density at radius 2 is 1.44 bits per heavy atom. The van der Waals surface area contributed by atoms with Gasteiger partial charge in [-0.15, -0.1) is 0 Å². The van der Waals surface area contributed by atoms with Crippen molar-refractivity contribution in [2.45, 2.75) is 32.2 Å². The van der Waals surface area contributed by atoms with Gasteiger partial charge in [0.2, 0.25) is 11.8 Å². The summed E-state index contributed by atoms with van der Waals surface area (Å²) in [4.78, 5) is 23.1. The van der Waals surface area contributed by atoms with Crippen LogP contribution >= 0.6 is 0 Å². The lowest BCUT2D eigenvalue weighted by Crippen LogP contribution is -2.51. The summed E-state index contributed by atoms with van der Waals surface area (Å²) in [7, 11) is 1.49. The molecule has 0 fully saturated rings. The van der Waals surface area contributed by atoms with Crippen LogP contribution in [0.15, 0.2) is 102 Å². The predicted octanol–water partition coefficient (Wildman–Crippen LogP) is 4.46. The zero-order valence-corrected chi connectivity index (χ0v) is 22.8. The molecule has 0 saturated heterocycles. The van der Waals surface area contributed by atoms with Crippen molar-refractivity contribution in [1.82, 2.24) is 15.1 Å². The average Bonchev–Trinajstić information content (AvgIpc) is 3.37. The van der Waals surface area contributed by atoms with Gasteiger partial charge in [0.25, 0.3) is 5.69 Å². The van der Waals surface area contributed by atoms with Gasteiger partial charge in [0.05, 0.1) is 0 Å². The molecule has 0 bridgehead atoms. The van der Waals surface area contributed by atoms with Gasteiger partial charge >= 0.3 is 12.0 Å². The van der Waals surface area contributed by atoms with Crippen molar-refractivity contribution in [3.63, 3.8) is 0 Å². The minimum atomic E-state index is -1.48. The van der Waals surface area contributed by atoms with E-state index in [1.165, 1.54) is 7.11 Å². The molecule has 5 aromatic rings. The molecule has 10 nitrogen and oxygen atoms in total. The zero-order valence-electron chi connectivity index (χ0n) is 22.8. The predicted molar refractivity (Wildman–Crippen MR) is 147 cm³/mol. The highest BCUT2D eigenvalue weighted by molar-refractivity contribution is 5.78. The van der Waals surface area contributed by atoms with E-state index < -0.39 is 24.3 Å². The maximum absolute atomic E-state index is 14.1. The van der Waals surface area contributed by atoms with E-state index in [-0.39, 0.29) is 22.3 Å². The van der Waals surface area contributed by atoms with Gasteiger partial charge in [-0.05, 0) is 35.9 Å². The lowest BCUT2D eigenvalue weighted by Gasteiger charge is -2.38. The summed E-state index contributed by atoms with van der Waals surface area (Å²) in [6, 6.07) is 29.2. The van der Waals surface area contributed by atoms with Crippen molar-refractivity contribution in [2.24, 2.45) is 0 Å². The van der Waals surface area contributed by atoms with Crippen molar-refractivity contribution in [3.05, 3.63) is 130 Å². The minimum Gasteiger partial charge on any atom is -0.454 e. The van der Waals surface area contributed by atoms with Gasteiger partial charge in [0, 0.05) is 29.2 Å². The Morgan fingerprint density at radius 1 is 0.902 bits per heavy atom. The number of carbonyl (C=O) groups is 1. The van der Waals surface area contributed by atoms with E-state index in [2.05, 4.69) is 15.1 Å². The van der Waals surface area contributed by atoms with E-state index in [9.17, 15) is 10.0 Å². The smallest absolute Gasteiger partial charge is 0.351 e. The number of benzene rings is 3. The summed E-state index contributed by atoms with van der Waals surface area (Å²) >= 11 is 0. The van der Waals surface area contributed by atoms with Gasteiger partial charge in [-0.1, -0.05) is 91.0 Å². The Balaban J connectivity index is 1.59. The Labute approximate surface area is 236 Å². The zero-order chi connectivity index (χ0) is 28.8. The fraction of sp³-hybridized carbons (Fsp3) is 0.194. The second kappa shape index (κ2) is 12.0. The standard InChI is InChI=1S/C31H28N4O6/c1-21-19-22(2)33-30(32-21)40-28(31(38-3,24-15-9-5-10-16-24)25-17-11-6-12-18-25)29(36)39-20-26-27(34-41-35(26)37)23-13-7-4-8-14-23/h4-19,28H,20H2,1-3H3/t28-/m1/s1. The van der Waals surface area contributed by atoms with Crippen LogP contribution in [0, 0.1) is 19.1 Å². The van der Waals surface area contributed by atoms with E-state index in [4.69, 9.17) is 18.8 Å². The molecule has 0 unspecified atom stereocenters. The second-order valence-electron chi connectivity index (χ2n) is 9.30. The first kappa shape index (κ1) is 27.5. The molecule has 0 amide bonds. The maximum atomic E-state index is 14.1. The van der Waals surface area contributed by atoms with Gasteiger partial charge in [0.1, 0.15) is 0 Å². The van der Waals surface area contributed by atoms with E-state index in [0.717, 1.165) is 0 Å². The summed E-state index contributed by atoms with van der Waals surface area (Å²) < 4.78 is 23.1. The summed E-state index contributed by atoms with van der Waals surface area (Å²) in [5.74, 6) is -0.817. The molecule has 2 aromatic heterocycles. The number of nitrogens with zero attached hydrogens (tertiary/aromatic N) is 4. The first-order valence-electron chi connectivity index (χ1n) is 12.9. The number of rotatable bonds is 10. The highest BCUT2D eigenvalue weighted by Crippen LogP contribution is 2.39. The normalized spacial score (nSPS) is 12.1. The van der Waals surface area contributed by atoms with Crippen LogP contribution in [-0.4, -0.2) is 34.3 Å². The molecule has 3 aromatic carbocycles. The molecule has 0 N–H and O–H groups in total. The van der Waals surface area contributed by atoms with Gasteiger partial charge in [-0.3, -0.25) is 4.63 Å². The summed E-state index contributed by atoms with van der Waals surface area (Å²) in [5.41, 5.74) is 2.01. The van der Waals surface area contributed by atoms with E-state index in [1.807, 2.05) is 66.7 Å². The Morgan fingerprint density at radius 3 is 1.98 bits per heavy atom. The Hall–Kier alpha value is -5.09. The lowest BCUT2D eigenvalue weighted by atomic mass is 9.81. The van der Waals surface area contributed by atoms with Crippen LogP contribution in [0.1, 0.15) is 28.2 Å².